The van der Waals surface area contributed by atoms with Gasteiger partial charge in [0.15, 0.2) is 0 Å². The second-order valence-electron chi connectivity index (χ2n) is 4.38. The average Bonchev–Trinajstić information content (AvgIpc) is 3.05. The van der Waals surface area contributed by atoms with E-state index in [0.29, 0.717) is 17.2 Å². The SMILES string of the molecule is O=C(O)[C@@H]1CSCN1C(=O)c1cccc2cc[nH]c12. The van der Waals surface area contributed by atoms with E-state index in [2.05, 4.69) is 4.98 Å². The van der Waals surface area contributed by atoms with Crippen LogP contribution in [0.15, 0.2) is 30.5 Å². The van der Waals surface area contributed by atoms with E-state index in [1.54, 1.807) is 12.3 Å². The van der Waals surface area contributed by atoms with Crippen LogP contribution in [0.2, 0.25) is 0 Å². The van der Waals surface area contributed by atoms with Crippen LogP contribution in [-0.2, 0) is 4.79 Å². The number of para-hydroxylation sites is 1. The number of hydrogen-bond donors (Lipinski definition) is 2. The molecule has 0 unspecified atom stereocenters. The van der Waals surface area contributed by atoms with E-state index in [9.17, 15) is 9.59 Å². The molecule has 1 aliphatic rings. The maximum atomic E-state index is 12.5. The van der Waals surface area contributed by atoms with E-state index < -0.39 is 12.0 Å². The summed E-state index contributed by atoms with van der Waals surface area (Å²) >= 11 is 1.46. The summed E-state index contributed by atoms with van der Waals surface area (Å²) in [5.41, 5.74) is 1.28. The molecule has 98 valence electrons. The topological polar surface area (TPSA) is 73.4 Å². The zero-order chi connectivity index (χ0) is 13.4. The van der Waals surface area contributed by atoms with Crippen LogP contribution in [0.5, 0.6) is 0 Å². The number of H-pyrrole nitrogens is 1. The molecule has 1 atom stereocenters. The van der Waals surface area contributed by atoms with E-state index in [-0.39, 0.29) is 5.91 Å². The van der Waals surface area contributed by atoms with Crippen LogP contribution < -0.4 is 0 Å². The van der Waals surface area contributed by atoms with Crippen LogP contribution in [0.25, 0.3) is 10.9 Å². The van der Waals surface area contributed by atoms with Crippen molar-refractivity contribution in [2.45, 2.75) is 6.04 Å². The van der Waals surface area contributed by atoms with Crippen LogP contribution in [0.4, 0.5) is 0 Å². The number of nitrogens with zero attached hydrogens (tertiary/aromatic N) is 1. The molecule has 1 saturated heterocycles. The van der Waals surface area contributed by atoms with Gasteiger partial charge in [0.25, 0.3) is 5.91 Å². The molecule has 1 aromatic carbocycles. The Hall–Kier alpha value is -1.95. The molecule has 0 bridgehead atoms. The van der Waals surface area contributed by atoms with Gasteiger partial charge in [-0.1, -0.05) is 12.1 Å². The third-order valence-electron chi connectivity index (χ3n) is 3.25. The number of nitrogens with one attached hydrogen (secondary N) is 1. The first-order valence-corrected chi connectivity index (χ1v) is 7.01. The minimum Gasteiger partial charge on any atom is -0.480 e. The third kappa shape index (κ3) is 1.98. The number of fused-ring (bicyclic) bond motifs is 1. The van der Waals surface area contributed by atoms with E-state index in [1.165, 1.54) is 16.7 Å². The Morgan fingerprint density at radius 2 is 2.21 bits per heavy atom. The molecule has 0 saturated carbocycles. The number of carbonyl (C=O) groups is 2. The number of benzene rings is 1. The van der Waals surface area contributed by atoms with Crippen LogP contribution in [-0.4, -0.2) is 44.5 Å². The first-order valence-electron chi connectivity index (χ1n) is 5.86. The summed E-state index contributed by atoms with van der Waals surface area (Å²) in [6.07, 6.45) is 1.77. The summed E-state index contributed by atoms with van der Waals surface area (Å²) in [5.74, 6) is -0.309. The predicted molar refractivity (Wildman–Crippen MR) is 73.2 cm³/mol. The highest BCUT2D eigenvalue weighted by Gasteiger charge is 2.35. The number of carboxylic acids is 1. The zero-order valence-corrected chi connectivity index (χ0v) is 10.8. The highest BCUT2D eigenvalue weighted by molar-refractivity contribution is 7.99. The second-order valence-corrected chi connectivity index (χ2v) is 5.38. The van der Waals surface area contributed by atoms with E-state index in [0.717, 1.165) is 10.9 Å². The smallest absolute Gasteiger partial charge is 0.327 e. The molecule has 2 aromatic rings. The standard InChI is InChI=1S/C13H12N2O3S/c16-12(15-7-19-6-10(15)13(17)18)9-3-1-2-8-4-5-14-11(8)9/h1-5,10,14H,6-7H2,(H,17,18)/t10-/m0/s1. The Balaban J connectivity index is 2.00. The number of carboxylic acid groups (broad SMARTS) is 1. The first kappa shape index (κ1) is 12.1. The lowest BCUT2D eigenvalue weighted by Gasteiger charge is -2.20. The van der Waals surface area contributed by atoms with Crippen molar-refractivity contribution in [1.29, 1.82) is 0 Å². The molecule has 5 nitrogen and oxygen atoms in total. The summed E-state index contributed by atoms with van der Waals surface area (Å²) in [6, 6.07) is 6.60. The van der Waals surface area contributed by atoms with Crippen molar-refractivity contribution in [1.82, 2.24) is 9.88 Å². The lowest BCUT2D eigenvalue weighted by atomic mass is 10.1. The number of hydrogen-bond acceptors (Lipinski definition) is 3. The van der Waals surface area contributed by atoms with Crippen LogP contribution >= 0.6 is 11.8 Å². The maximum absolute atomic E-state index is 12.5. The van der Waals surface area contributed by atoms with E-state index in [4.69, 9.17) is 5.11 Å². The van der Waals surface area contributed by atoms with Crippen LogP contribution in [0, 0.1) is 0 Å². The minimum atomic E-state index is -0.947. The number of amides is 1. The normalized spacial score (nSPS) is 18.9. The molecule has 0 spiro atoms. The Morgan fingerprint density at radius 3 is 3.00 bits per heavy atom. The molecule has 1 amide bonds. The van der Waals surface area contributed by atoms with E-state index in [1.807, 2.05) is 18.2 Å². The Bertz CT molecular complexity index is 652. The zero-order valence-electron chi connectivity index (χ0n) is 10.00. The van der Waals surface area contributed by atoms with Crippen molar-refractivity contribution in [2.75, 3.05) is 11.6 Å². The third-order valence-corrected chi connectivity index (χ3v) is 4.26. The first-order chi connectivity index (χ1) is 9.18. The number of aromatic amines is 1. The molecule has 0 radical (unpaired) electrons. The average molecular weight is 276 g/mol. The Labute approximate surface area is 113 Å². The number of thioether (sulfide) groups is 1. The molecule has 2 heterocycles. The number of rotatable bonds is 2. The van der Waals surface area contributed by atoms with Gasteiger partial charge in [0, 0.05) is 17.3 Å². The molecule has 1 aromatic heterocycles. The molecule has 0 aliphatic carbocycles. The van der Waals surface area contributed by atoms with Gasteiger partial charge in [-0.05, 0) is 12.1 Å². The lowest BCUT2D eigenvalue weighted by molar-refractivity contribution is -0.140. The fourth-order valence-electron chi connectivity index (χ4n) is 2.27. The summed E-state index contributed by atoms with van der Waals surface area (Å²) < 4.78 is 0. The van der Waals surface area contributed by atoms with Gasteiger partial charge in [-0.15, -0.1) is 11.8 Å². The number of aliphatic carboxylic acids is 1. The van der Waals surface area contributed by atoms with Gasteiger partial charge in [-0.25, -0.2) is 4.79 Å². The molecule has 19 heavy (non-hydrogen) atoms. The summed E-state index contributed by atoms with van der Waals surface area (Å²) in [5, 5.41) is 10.1. The van der Waals surface area contributed by atoms with Crippen molar-refractivity contribution in [3.8, 4) is 0 Å². The van der Waals surface area contributed by atoms with Gasteiger partial charge in [0.2, 0.25) is 0 Å². The van der Waals surface area contributed by atoms with Gasteiger partial charge in [0.05, 0.1) is 17.0 Å². The monoisotopic (exact) mass is 276 g/mol. The molecular formula is C13H12N2O3S. The largest absolute Gasteiger partial charge is 0.480 e. The molecule has 1 fully saturated rings. The molecule has 2 N–H and O–H groups in total. The lowest BCUT2D eigenvalue weighted by Crippen LogP contribution is -2.41. The van der Waals surface area contributed by atoms with Gasteiger partial charge >= 0.3 is 5.97 Å². The quantitative estimate of drug-likeness (QED) is 0.876. The van der Waals surface area contributed by atoms with Gasteiger partial charge in [-0.2, -0.15) is 0 Å². The van der Waals surface area contributed by atoms with Crippen molar-refractivity contribution >= 4 is 34.5 Å². The van der Waals surface area contributed by atoms with E-state index >= 15 is 0 Å². The van der Waals surface area contributed by atoms with Gasteiger partial charge in [0.1, 0.15) is 6.04 Å². The maximum Gasteiger partial charge on any atom is 0.327 e. The Morgan fingerprint density at radius 1 is 1.37 bits per heavy atom. The molecular weight excluding hydrogens is 264 g/mol. The molecule has 6 heteroatoms. The van der Waals surface area contributed by atoms with Gasteiger partial charge in [-0.3, -0.25) is 4.79 Å². The summed E-state index contributed by atoms with van der Waals surface area (Å²) in [6.45, 7) is 0. The highest BCUT2D eigenvalue weighted by atomic mass is 32.2. The van der Waals surface area contributed by atoms with Crippen LogP contribution in [0.1, 0.15) is 10.4 Å². The highest BCUT2D eigenvalue weighted by Crippen LogP contribution is 2.26. The number of carbonyl (C=O) groups excluding carboxylic acids is 1. The minimum absolute atomic E-state index is 0.231. The second kappa shape index (κ2) is 4.62. The van der Waals surface area contributed by atoms with Crippen molar-refractivity contribution in [2.24, 2.45) is 0 Å². The Kier molecular flexibility index (Phi) is 2.94. The van der Waals surface area contributed by atoms with Crippen molar-refractivity contribution in [3.05, 3.63) is 36.0 Å². The van der Waals surface area contributed by atoms with Crippen LogP contribution in [0.3, 0.4) is 0 Å². The fraction of sp³-hybridized carbons (Fsp3) is 0.231. The van der Waals surface area contributed by atoms with Gasteiger partial charge < -0.3 is 15.0 Å². The van der Waals surface area contributed by atoms with Crippen molar-refractivity contribution in [3.63, 3.8) is 0 Å². The van der Waals surface area contributed by atoms with Crippen molar-refractivity contribution < 1.29 is 14.7 Å². The predicted octanol–water partition coefficient (Wildman–Crippen LogP) is 1.77. The molecule has 1 aliphatic heterocycles. The number of aromatic nitrogens is 1. The molecule has 3 rings (SSSR count). The summed E-state index contributed by atoms with van der Waals surface area (Å²) in [7, 11) is 0. The fourth-order valence-corrected chi connectivity index (χ4v) is 3.41. The summed E-state index contributed by atoms with van der Waals surface area (Å²) in [4.78, 5) is 28.1.